The summed E-state index contributed by atoms with van der Waals surface area (Å²) in [7, 11) is 0. The summed E-state index contributed by atoms with van der Waals surface area (Å²) in [5, 5.41) is 8.96. The minimum Gasteiger partial charge on any atom is -0.396 e. The van der Waals surface area contributed by atoms with Crippen LogP contribution in [0.3, 0.4) is 0 Å². The van der Waals surface area contributed by atoms with E-state index in [4.69, 9.17) is 10.8 Å². The summed E-state index contributed by atoms with van der Waals surface area (Å²) in [4.78, 5) is 11.1. The van der Waals surface area contributed by atoms with Crippen LogP contribution in [0.4, 0.5) is 5.82 Å². The number of imidazole rings is 1. The Kier molecular flexibility index (Phi) is 1.90. The van der Waals surface area contributed by atoms with Crippen LogP contribution < -0.4 is 10.3 Å². The van der Waals surface area contributed by atoms with E-state index in [9.17, 15) is 0 Å². The molecule has 2 aromatic rings. The fraction of sp³-hybridized carbons (Fsp3) is 0.300. The maximum absolute atomic E-state index is 8.96. The molecule has 82 valence electrons. The van der Waals surface area contributed by atoms with E-state index in [0.29, 0.717) is 11.7 Å². The molecule has 0 aliphatic heterocycles. The van der Waals surface area contributed by atoms with Crippen LogP contribution >= 0.6 is 0 Å². The quantitative estimate of drug-likeness (QED) is 0.602. The molecule has 16 heavy (non-hydrogen) atoms. The van der Waals surface area contributed by atoms with E-state index in [1.54, 1.807) is 6.33 Å². The zero-order valence-electron chi connectivity index (χ0n) is 8.59. The molecule has 0 spiro atoms. The smallest absolute Gasteiger partial charge is 0.311 e. The third-order valence-electron chi connectivity index (χ3n) is 2.82. The van der Waals surface area contributed by atoms with Crippen LogP contribution in [-0.4, -0.2) is 26.7 Å². The van der Waals surface area contributed by atoms with Gasteiger partial charge in [0.05, 0.1) is 12.8 Å². The number of aromatic amines is 1. The van der Waals surface area contributed by atoms with Gasteiger partial charge in [0, 0.05) is 5.92 Å². The second-order valence-corrected chi connectivity index (χ2v) is 3.93. The summed E-state index contributed by atoms with van der Waals surface area (Å²) in [5.74, 6) is 0.758. The first-order valence-corrected chi connectivity index (χ1v) is 5.09. The van der Waals surface area contributed by atoms with Crippen molar-refractivity contribution in [3.05, 3.63) is 18.2 Å². The lowest BCUT2D eigenvalue weighted by Crippen LogP contribution is -2.24. The number of aliphatic hydroxyl groups excluding tert-OH is 1. The van der Waals surface area contributed by atoms with Gasteiger partial charge in [-0.2, -0.15) is 4.98 Å². The van der Waals surface area contributed by atoms with Gasteiger partial charge in [0.15, 0.2) is 18.5 Å². The number of nitrogen functional groups attached to an aromatic ring is 1. The van der Waals surface area contributed by atoms with Crippen LogP contribution in [0.5, 0.6) is 0 Å². The van der Waals surface area contributed by atoms with E-state index in [1.165, 1.54) is 11.9 Å². The van der Waals surface area contributed by atoms with Crippen LogP contribution in [-0.2, 0) is 0 Å². The number of hydrogen-bond donors (Lipinski definition) is 3. The Labute approximate surface area is 91.5 Å². The van der Waals surface area contributed by atoms with Gasteiger partial charge < -0.3 is 10.8 Å². The van der Waals surface area contributed by atoms with Crippen LogP contribution in [0.1, 0.15) is 6.42 Å². The molecule has 1 saturated carbocycles. The largest absolute Gasteiger partial charge is 0.396 e. The zero-order valence-corrected chi connectivity index (χ0v) is 8.59. The lowest BCUT2D eigenvalue weighted by Gasteiger charge is -1.88. The molecular formula is C10H12N5O+. The number of aliphatic hydroxyl groups is 1. The Bertz CT molecular complexity index is 574. The fourth-order valence-electron chi connectivity index (χ4n) is 1.76. The highest BCUT2D eigenvalue weighted by atomic mass is 16.3. The number of H-pyrrole nitrogens is 1. The number of hydrogen-bond acceptors (Lipinski definition) is 4. The minimum absolute atomic E-state index is 0.214. The first kappa shape index (κ1) is 9.29. The summed E-state index contributed by atoms with van der Waals surface area (Å²) in [6.07, 6.45) is 6.16. The maximum atomic E-state index is 8.96. The average Bonchev–Trinajstić information content (AvgIpc) is 2.91. The van der Waals surface area contributed by atoms with Crippen molar-refractivity contribution in [3.63, 3.8) is 0 Å². The lowest BCUT2D eigenvalue weighted by molar-refractivity contribution is -0.541. The third kappa shape index (κ3) is 1.35. The summed E-state index contributed by atoms with van der Waals surface area (Å²) in [5.41, 5.74) is 8.43. The summed E-state index contributed by atoms with van der Waals surface area (Å²) < 4.78 is 1.87. The molecule has 6 nitrogen and oxygen atoms in total. The molecule has 1 aliphatic rings. The lowest BCUT2D eigenvalue weighted by atomic mass is 10.4. The first-order chi connectivity index (χ1) is 7.79. The molecule has 0 bridgehead atoms. The normalized spacial score (nSPS) is 21.8. The number of nitrogens with one attached hydrogen (secondary N) is 1. The molecule has 4 N–H and O–H groups in total. The van der Waals surface area contributed by atoms with Gasteiger partial charge in [0.25, 0.3) is 0 Å². The molecule has 1 aliphatic carbocycles. The molecule has 2 aromatic heterocycles. The number of nitrogens with two attached hydrogens (primary N) is 1. The Hall–Kier alpha value is -1.95. The monoisotopic (exact) mass is 218 g/mol. The SMILES string of the molecule is Nc1ncnc2c1[nH]c[n+]2C=C1CC1CO. The first-order valence-electron chi connectivity index (χ1n) is 5.09. The number of anilines is 1. The molecule has 1 fully saturated rings. The average molecular weight is 218 g/mol. The number of aromatic nitrogens is 4. The van der Waals surface area contributed by atoms with Gasteiger partial charge in [-0.05, 0) is 12.0 Å². The topological polar surface area (TPSA) is 91.7 Å². The van der Waals surface area contributed by atoms with Crippen molar-refractivity contribution >= 4 is 23.2 Å². The molecule has 0 aromatic carbocycles. The summed E-state index contributed by atoms with van der Waals surface area (Å²) in [6.45, 7) is 0.214. The van der Waals surface area contributed by atoms with Crippen LogP contribution in [0.25, 0.3) is 17.4 Å². The molecular weight excluding hydrogens is 206 g/mol. The fourth-order valence-corrected chi connectivity index (χ4v) is 1.76. The number of rotatable bonds is 2. The highest BCUT2D eigenvalue weighted by Gasteiger charge is 2.30. The Morgan fingerprint density at radius 2 is 2.50 bits per heavy atom. The summed E-state index contributed by atoms with van der Waals surface area (Å²) in [6, 6.07) is 0. The predicted octanol–water partition coefficient (Wildman–Crippen LogP) is -0.319. The highest BCUT2D eigenvalue weighted by molar-refractivity contribution is 5.78. The molecule has 1 unspecified atom stereocenters. The number of nitrogens with zero attached hydrogens (tertiary/aromatic N) is 3. The van der Waals surface area contributed by atoms with Crippen LogP contribution in [0.15, 0.2) is 18.2 Å². The number of fused-ring (bicyclic) bond motifs is 1. The Morgan fingerprint density at radius 1 is 1.62 bits per heavy atom. The molecule has 0 radical (unpaired) electrons. The van der Waals surface area contributed by atoms with Gasteiger partial charge in [0.2, 0.25) is 5.52 Å². The van der Waals surface area contributed by atoms with E-state index in [0.717, 1.165) is 17.6 Å². The van der Waals surface area contributed by atoms with E-state index >= 15 is 0 Å². The Balaban J connectivity index is 2.06. The zero-order chi connectivity index (χ0) is 11.1. The molecule has 2 heterocycles. The van der Waals surface area contributed by atoms with Crippen molar-refractivity contribution in [1.29, 1.82) is 0 Å². The molecule has 1 atom stereocenters. The third-order valence-corrected chi connectivity index (χ3v) is 2.82. The van der Waals surface area contributed by atoms with Crippen LogP contribution in [0.2, 0.25) is 0 Å². The molecule has 3 rings (SSSR count). The molecule has 6 heteroatoms. The second-order valence-electron chi connectivity index (χ2n) is 3.93. The predicted molar refractivity (Wildman–Crippen MR) is 58.0 cm³/mol. The second kappa shape index (κ2) is 3.28. The van der Waals surface area contributed by atoms with Crippen molar-refractivity contribution < 1.29 is 9.67 Å². The van der Waals surface area contributed by atoms with Crippen LogP contribution in [0, 0.1) is 5.92 Å². The summed E-state index contributed by atoms with van der Waals surface area (Å²) >= 11 is 0. The van der Waals surface area contributed by atoms with Crippen molar-refractivity contribution in [1.82, 2.24) is 15.0 Å². The van der Waals surface area contributed by atoms with Gasteiger partial charge in [-0.3, -0.25) is 4.98 Å². The van der Waals surface area contributed by atoms with Crippen molar-refractivity contribution in [2.45, 2.75) is 6.42 Å². The molecule has 0 saturated heterocycles. The molecule has 0 amide bonds. The standard InChI is InChI=1S/C10H11N5O/c11-9-8-10(13-4-12-9)15(5-14-8)2-6-1-7(6)3-16/h2,4-5,7,16H,1,3H2,(H2,11,12,13)/p+1. The Morgan fingerprint density at radius 3 is 3.25 bits per heavy atom. The van der Waals surface area contributed by atoms with Gasteiger partial charge in [-0.1, -0.05) is 4.98 Å². The van der Waals surface area contributed by atoms with E-state index in [2.05, 4.69) is 15.0 Å². The van der Waals surface area contributed by atoms with E-state index in [1.807, 2.05) is 10.8 Å². The van der Waals surface area contributed by atoms with Crippen molar-refractivity contribution in [2.75, 3.05) is 12.3 Å². The van der Waals surface area contributed by atoms with E-state index in [-0.39, 0.29) is 6.61 Å². The maximum Gasteiger partial charge on any atom is 0.311 e. The highest BCUT2D eigenvalue weighted by Crippen LogP contribution is 2.36. The van der Waals surface area contributed by atoms with Crippen molar-refractivity contribution in [3.8, 4) is 0 Å². The van der Waals surface area contributed by atoms with Gasteiger partial charge in [-0.15, -0.1) is 0 Å². The van der Waals surface area contributed by atoms with Crippen molar-refractivity contribution in [2.24, 2.45) is 5.92 Å². The van der Waals surface area contributed by atoms with Gasteiger partial charge in [0.1, 0.15) is 0 Å². The van der Waals surface area contributed by atoms with Gasteiger partial charge in [-0.25, -0.2) is 4.57 Å². The minimum atomic E-state index is 0.214. The van der Waals surface area contributed by atoms with E-state index < -0.39 is 0 Å². The van der Waals surface area contributed by atoms with Gasteiger partial charge >= 0.3 is 5.65 Å².